The van der Waals surface area contributed by atoms with Crippen molar-refractivity contribution in [1.82, 2.24) is 14.9 Å². The molecule has 0 aliphatic rings. The largest absolute Gasteiger partial charge is 0.336 e. The molecule has 0 aromatic carbocycles. The molecule has 0 atom stereocenters. The Morgan fingerprint density at radius 1 is 1.53 bits per heavy atom. The van der Waals surface area contributed by atoms with E-state index in [9.17, 15) is 13.2 Å². The smallest absolute Gasteiger partial charge is 0.326 e. The molecular weight excluding hydrogens is 218 g/mol. The van der Waals surface area contributed by atoms with Crippen LogP contribution in [0.1, 0.15) is 6.92 Å². The van der Waals surface area contributed by atoms with Gasteiger partial charge in [-0.25, -0.2) is 18.2 Å². The highest BCUT2D eigenvalue weighted by Gasteiger charge is 2.08. The number of imidazole rings is 1. The highest BCUT2D eigenvalue weighted by atomic mass is 32.2. The zero-order valence-electron chi connectivity index (χ0n) is 8.38. The van der Waals surface area contributed by atoms with Crippen LogP contribution >= 0.6 is 0 Å². The summed E-state index contributed by atoms with van der Waals surface area (Å²) >= 11 is 0. The third-order valence-electron chi connectivity index (χ3n) is 1.87. The first-order valence-corrected chi connectivity index (χ1v) is 6.34. The standard InChI is InChI=1S/C8H13N3O3S/c1-2-15(13,14)6-4-10-8(12)11-5-3-9-7-11/h3,5,7H,2,4,6H2,1H3,(H,10,12). The van der Waals surface area contributed by atoms with Crippen molar-refractivity contribution < 1.29 is 13.2 Å². The molecule has 0 aliphatic heterocycles. The fourth-order valence-electron chi connectivity index (χ4n) is 0.928. The summed E-state index contributed by atoms with van der Waals surface area (Å²) in [5.41, 5.74) is 0. The summed E-state index contributed by atoms with van der Waals surface area (Å²) < 4.78 is 23.4. The molecule has 0 bridgehead atoms. The monoisotopic (exact) mass is 231 g/mol. The van der Waals surface area contributed by atoms with E-state index in [1.807, 2.05) is 0 Å². The Morgan fingerprint density at radius 3 is 2.80 bits per heavy atom. The SMILES string of the molecule is CCS(=O)(=O)CCNC(=O)n1ccnc1. The lowest BCUT2D eigenvalue weighted by Crippen LogP contribution is -2.32. The van der Waals surface area contributed by atoms with Gasteiger partial charge in [0.25, 0.3) is 0 Å². The molecule has 1 amide bonds. The van der Waals surface area contributed by atoms with E-state index in [0.29, 0.717) is 0 Å². The van der Waals surface area contributed by atoms with Crippen molar-refractivity contribution in [2.45, 2.75) is 6.92 Å². The molecule has 15 heavy (non-hydrogen) atoms. The van der Waals surface area contributed by atoms with Crippen LogP contribution in [0.3, 0.4) is 0 Å². The van der Waals surface area contributed by atoms with Gasteiger partial charge in [0.15, 0.2) is 9.84 Å². The normalized spacial score (nSPS) is 11.3. The van der Waals surface area contributed by atoms with E-state index in [0.717, 1.165) is 0 Å². The number of aromatic nitrogens is 2. The van der Waals surface area contributed by atoms with Crippen LogP contribution < -0.4 is 5.32 Å². The van der Waals surface area contributed by atoms with E-state index in [4.69, 9.17) is 0 Å². The molecule has 0 unspecified atom stereocenters. The molecule has 0 saturated carbocycles. The van der Waals surface area contributed by atoms with Crippen molar-refractivity contribution in [2.24, 2.45) is 0 Å². The summed E-state index contributed by atoms with van der Waals surface area (Å²) in [6.07, 6.45) is 4.32. The fourth-order valence-corrected chi connectivity index (χ4v) is 1.63. The molecule has 1 aromatic heterocycles. The summed E-state index contributed by atoms with van der Waals surface area (Å²) in [6.45, 7) is 1.69. The number of rotatable bonds is 4. The Balaban J connectivity index is 2.36. The molecule has 0 saturated heterocycles. The van der Waals surface area contributed by atoms with E-state index >= 15 is 0 Å². The zero-order chi connectivity index (χ0) is 11.3. The van der Waals surface area contributed by atoms with Crippen molar-refractivity contribution in [3.05, 3.63) is 18.7 Å². The average molecular weight is 231 g/mol. The van der Waals surface area contributed by atoms with Crippen LogP contribution in [0.5, 0.6) is 0 Å². The number of amides is 1. The first-order chi connectivity index (χ1) is 7.05. The van der Waals surface area contributed by atoms with Crippen LogP contribution in [0.2, 0.25) is 0 Å². The van der Waals surface area contributed by atoms with Gasteiger partial charge in [-0.2, -0.15) is 0 Å². The van der Waals surface area contributed by atoms with Gasteiger partial charge in [-0.3, -0.25) is 4.57 Å². The second-order valence-corrected chi connectivity index (χ2v) is 5.41. The molecule has 6 nitrogen and oxygen atoms in total. The van der Waals surface area contributed by atoms with Crippen molar-refractivity contribution >= 4 is 15.9 Å². The van der Waals surface area contributed by atoms with E-state index in [1.54, 1.807) is 6.92 Å². The molecule has 1 heterocycles. The van der Waals surface area contributed by atoms with Gasteiger partial charge in [0.05, 0.1) is 5.75 Å². The van der Waals surface area contributed by atoms with Crippen LogP contribution in [0.4, 0.5) is 4.79 Å². The Bertz CT molecular complexity index is 410. The highest BCUT2D eigenvalue weighted by Crippen LogP contribution is 1.88. The lowest BCUT2D eigenvalue weighted by atomic mass is 10.7. The van der Waals surface area contributed by atoms with Gasteiger partial charge in [-0.05, 0) is 0 Å². The molecule has 7 heteroatoms. The van der Waals surface area contributed by atoms with Gasteiger partial charge in [0.2, 0.25) is 0 Å². The summed E-state index contributed by atoms with van der Waals surface area (Å²) in [5, 5.41) is 2.48. The Kier molecular flexibility index (Phi) is 3.84. The minimum atomic E-state index is -3.02. The molecule has 1 N–H and O–H groups in total. The Morgan fingerprint density at radius 2 is 2.27 bits per heavy atom. The number of nitrogens with one attached hydrogen (secondary N) is 1. The Hall–Kier alpha value is -1.37. The lowest BCUT2D eigenvalue weighted by Gasteiger charge is -2.04. The van der Waals surface area contributed by atoms with Gasteiger partial charge < -0.3 is 5.32 Å². The molecule has 0 fully saturated rings. The molecule has 0 radical (unpaired) electrons. The van der Waals surface area contributed by atoms with Crippen LogP contribution in [0, 0.1) is 0 Å². The van der Waals surface area contributed by atoms with Gasteiger partial charge >= 0.3 is 6.03 Å². The molecule has 0 aliphatic carbocycles. The minimum Gasteiger partial charge on any atom is -0.336 e. The maximum Gasteiger partial charge on any atom is 0.326 e. The fraction of sp³-hybridized carbons (Fsp3) is 0.500. The van der Waals surface area contributed by atoms with Gasteiger partial charge in [0.1, 0.15) is 6.33 Å². The summed E-state index contributed by atoms with van der Waals surface area (Å²) in [6, 6.07) is -0.376. The van der Waals surface area contributed by atoms with Crippen LogP contribution in [0.15, 0.2) is 18.7 Å². The zero-order valence-corrected chi connectivity index (χ0v) is 9.20. The van der Waals surface area contributed by atoms with Gasteiger partial charge in [-0.1, -0.05) is 6.92 Å². The van der Waals surface area contributed by atoms with Crippen LogP contribution in [0.25, 0.3) is 0 Å². The van der Waals surface area contributed by atoms with E-state index in [-0.39, 0.29) is 24.1 Å². The number of sulfone groups is 1. The number of carbonyl (C=O) groups excluding carboxylic acids is 1. The van der Waals surface area contributed by atoms with Crippen molar-refractivity contribution in [3.8, 4) is 0 Å². The van der Waals surface area contributed by atoms with E-state index in [2.05, 4.69) is 10.3 Å². The van der Waals surface area contributed by atoms with Gasteiger partial charge in [-0.15, -0.1) is 0 Å². The quantitative estimate of drug-likeness (QED) is 0.783. The average Bonchev–Trinajstić information content (AvgIpc) is 2.70. The van der Waals surface area contributed by atoms with E-state index in [1.165, 1.54) is 23.3 Å². The molecule has 0 spiro atoms. The van der Waals surface area contributed by atoms with Crippen molar-refractivity contribution in [1.29, 1.82) is 0 Å². The van der Waals surface area contributed by atoms with E-state index < -0.39 is 9.84 Å². The van der Waals surface area contributed by atoms with Gasteiger partial charge in [0, 0.05) is 24.7 Å². The molecular formula is C8H13N3O3S. The predicted octanol–water partition coefficient (Wildman–Crippen LogP) is -0.125. The number of hydrogen-bond acceptors (Lipinski definition) is 4. The molecule has 1 aromatic rings. The summed E-state index contributed by atoms with van der Waals surface area (Å²) in [4.78, 5) is 15.0. The van der Waals surface area contributed by atoms with Crippen molar-refractivity contribution in [3.63, 3.8) is 0 Å². The summed E-state index contributed by atoms with van der Waals surface area (Å²) in [7, 11) is -3.02. The maximum absolute atomic E-state index is 11.3. The minimum absolute atomic E-state index is 0.0378. The lowest BCUT2D eigenvalue weighted by molar-refractivity contribution is 0.243. The van der Waals surface area contributed by atoms with Crippen LogP contribution in [-0.2, 0) is 9.84 Å². The maximum atomic E-state index is 11.3. The second-order valence-electron chi connectivity index (χ2n) is 2.94. The highest BCUT2D eigenvalue weighted by molar-refractivity contribution is 7.91. The predicted molar refractivity (Wildman–Crippen MR) is 55.4 cm³/mol. The number of hydrogen-bond donors (Lipinski definition) is 1. The summed E-state index contributed by atoms with van der Waals surface area (Å²) in [5.74, 6) is 0.0535. The second kappa shape index (κ2) is 4.92. The third-order valence-corrected chi connectivity index (χ3v) is 3.57. The first kappa shape index (κ1) is 11.7. The third kappa shape index (κ3) is 3.70. The topological polar surface area (TPSA) is 81.1 Å². The molecule has 84 valence electrons. The Labute approximate surface area is 88.2 Å². The number of carbonyl (C=O) groups is 1. The number of nitrogens with zero attached hydrogens (tertiary/aromatic N) is 2. The van der Waals surface area contributed by atoms with Crippen LogP contribution in [-0.4, -0.2) is 42.1 Å². The van der Waals surface area contributed by atoms with Crippen molar-refractivity contribution in [2.75, 3.05) is 18.1 Å². The molecule has 1 rings (SSSR count). The first-order valence-electron chi connectivity index (χ1n) is 4.52.